The van der Waals surface area contributed by atoms with Crippen LogP contribution in [-0.2, 0) is 14.2 Å². The Morgan fingerprint density at radius 1 is 1.16 bits per heavy atom. The molecule has 3 fully saturated rings. The molecular formula is C15H20O4. The molecule has 3 aliphatic heterocycles. The molecule has 0 radical (unpaired) electrons. The molecule has 4 heteroatoms. The first-order valence-electron chi connectivity index (χ1n) is 6.71. The van der Waals surface area contributed by atoms with Crippen molar-refractivity contribution < 1.29 is 18.9 Å². The zero-order valence-electron chi connectivity index (χ0n) is 11.5. The normalized spacial score (nSPS) is 33.4. The lowest BCUT2D eigenvalue weighted by molar-refractivity contribution is -0.468. The molecule has 3 heterocycles. The van der Waals surface area contributed by atoms with Gasteiger partial charge in [0.05, 0.1) is 32.8 Å². The summed E-state index contributed by atoms with van der Waals surface area (Å²) in [6.45, 7) is 6.75. The Bertz CT molecular complexity index is 433. The monoisotopic (exact) mass is 264 g/mol. The minimum absolute atomic E-state index is 0.0130. The Morgan fingerprint density at radius 3 is 2.47 bits per heavy atom. The molecule has 0 unspecified atom stereocenters. The van der Waals surface area contributed by atoms with Gasteiger partial charge in [-0.05, 0) is 24.6 Å². The van der Waals surface area contributed by atoms with Gasteiger partial charge in [0.15, 0.2) is 0 Å². The maximum atomic E-state index is 5.72. The summed E-state index contributed by atoms with van der Waals surface area (Å²) in [6.07, 6.45) is 0.580. The summed E-state index contributed by atoms with van der Waals surface area (Å²) in [7, 11) is 0. The molecule has 3 aliphatic rings. The fourth-order valence-electron chi connectivity index (χ4n) is 2.32. The third kappa shape index (κ3) is 2.76. The molecule has 0 atom stereocenters. The lowest BCUT2D eigenvalue weighted by Gasteiger charge is -2.50. The van der Waals surface area contributed by atoms with E-state index < -0.39 is 5.97 Å². The molecule has 0 amide bonds. The van der Waals surface area contributed by atoms with E-state index in [9.17, 15) is 0 Å². The molecule has 0 saturated carbocycles. The molecule has 4 nitrogen and oxygen atoms in total. The summed E-state index contributed by atoms with van der Waals surface area (Å²) >= 11 is 0. The van der Waals surface area contributed by atoms with Gasteiger partial charge in [-0.15, -0.1) is 0 Å². The Balaban J connectivity index is 1.53. The number of benzene rings is 1. The lowest BCUT2D eigenvalue weighted by atomic mass is 9.91. The average Bonchev–Trinajstić information content (AvgIpc) is 2.41. The second-order valence-corrected chi connectivity index (χ2v) is 5.77. The van der Waals surface area contributed by atoms with E-state index in [1.165, 1.54) is 5.56 Å². The van der Waals surface area contributed by atoms with Crippen LogP contribution in [0.1, 0.15) is 18.9 Å². The van der Waals surface area contributed by atoms with Crippen LogP contribution in [-0.4, -0.2) is 32.4 Å². The van der Waals surface area contributed by atoms with E-state index in [0.717, 1.165) is 5.75 Å². The Labute approximate surface area is 113 Å². The van der Waals surface area contributed by atoms with Crippen LogP contribution in [0.2, 0.25) is 0 Å². The number of aryl methyl sites for hydroxylation is 1. The van der Waals surface area contributed by atoms with Crippen LogP contribution in [0.3, 0.4) is 0 Å². The molecule has 3 saturated heterocycles. The number of hydrogen-bond donors (Lipinski definition) is 0. The largest absolute Gasteiger partial charge is 0.493 e. The van der Waals surface area contributed by atoms with E-state index in [2.05, 4.69) is 6.92 Å². The highest BCUT2D eigenvalue weighted by Gasteiger charge is 2.50. The maximum Gasteiger partial charge on any atom is 0.286 e. The average molecular weight is 264 g/mol. The number of ether oxygens (including phenoxy) is 4. The molecule has 1 aromatic rings. The molecule has 0 aromatic heterocycles. The van der Waals surface area contributed by atoms with E-state index in [4.69, 9.17) is 18.9 Å². The summed E-state index contributed by atoms with van der Waals surface area (Å²) in [5.41, 5.74) is 1.20. The van der Waals surface area contributed by atoms with Crippen LogP contribution < -0.4 is 4.74 Å². The smallest absolute Gasteiger partial charge is 0.286 e. The van der Waals surface area contributed by atoms with E-state index in [-0.39, 0.29) is 5.41 Å². The summed E-state index contributed by atoms with van der Waals surface area (Å²) in [5, 5.41) is 0. The number of rotatable bonds is 4. The minimum Gasteiger partial charge on any atom is -0.493 e. The van der Waals surface area contributed by atoms with Crippen molar-refractivity contribution in [3.8, 4) is 5.75 Å². The van der Waals surface area contributed by atoms with Gasteiger partial charge in [-0.1, -0.05) is 19.1 Å². The Kier molecular flexibility index (Phi) is 3.25. The van der Waals surface area contributed by atoms with Crippen molar-refractivity contribution in [2.75, 3.05) is 26.4 Å². The third-order valence-corrected chi connectivity index (χ3v) is 3.59. The second kappa shape index (κ2) is 4.78. The predicted molar refractivity (Wildman–Crippen MR) is 70.0 cm³/mol. The fourth-order valence-corrected chi connectivity index (χ4v) is 2.32. The van der Waals surface area contributed by atoms with Crippen LogP contribution in [0.4, 0.5) is 0 Å². The Morgan fingerprint density at radius 2 is 1.84 bits per heavy atom. The molecule has 0 spiro atoms. The number of hydrogen-bond acceptors (Lipinski definition) is 4. The fraction of sp³-hybridized carbons (Fsp3) is 0.600. The van der Waals surface area contributed by atoms with E-state index >= 15 is 0 Å². The minimum atomic E-state index is -0.887. The summed E-state index contributed by atoms with van der Waals surface area (Å²) in [5.74, 6) is -0.0189. The van der Waals surface area contributed by atoms with E-state index in [1.54, 1.807) is 0 Å². The van der Waals surface area contributed by atoms with Crippen LogP contribution in [0, 0.1) is 12.3 Å². The van der Waals surface area contributed by atoms with Gasteiger partial charge in [0.2, 0.25) is 0 Å². The molecule has 19 heavy (non-hydrogen) atoms. The van der Waals surface area contributed by atoms with E-state index in [0.29, 0.717) is 32.8 Å². The molecule has 104 valence electrons. The molecule has 1 aromatic carbocycles. The Hall–Kier alpha value is -1.10. The highest BCUT2D eigenvalue weighted by Crippen LogP contribution is 2.39. The van der Waals surface area contributed by atoms with Crippen LogP contribution >= 0.6 is 0 Å². The second-order valence-electron chi connectivity index (χ2n) is 5.77. The summed E-state index contributed by atoms with van der Waals surface area (Å²) in [6, 6.07) is 7.99. The van der Waals surface area contributed by atoms with Crippen molar-refractivity contribution in [3.63, 3.8) is 0 Å². The summed E-state index contributed by atoms with van der Waals surface area (Å²) < 4.78 is 22.8. The molecule has 0 N–H and O–H groups in total. The van der Waals surface area contributed by atoms with E-state index in [1.807, 2.05) is 31.2 Å². The standard InChI is InChI=1S/C15H20O4/c1-12-4-3-5-13(8-12)16-7-6-15-17-9-14(2,10-18-15)11-19-15/h3-5,8H,6-7,9-11H2,1-2H3. The SMILES string of the molecule is Cc1cccc(OCCC23OCC(C)(CO2)CO3)c1. The van der Waals surface area contributed by atoms with Gasteiger partial charge >= 0.3 is 0 Å². The summed E-state index contributed by atoms with van der Waals surface area (Å²) in [4.78, 5) is 0. The molecule has 4 rings (SSSR count). The molecular weight excluding hydrogens is 244 g/mol. The van der Waals surface area contributed by atoms with Gasteiger partial charge in [-0.3, -0.25) is 0 Å². The van der Waals surface area contributed by atoms with Crippen molar-refractivity contribution in [2.45, 2.75) is 26.2 Å². The zero-order valence-corrected chi connectivity index (χ0v) is 11.5. The van der Waals surface area contributed by atoms with Crippen LogP contribution in [0.15, 0.2) is 24.3 Å². The quantitative estimate of drug-likeness (QED) is 0.837. The first-order chi connectivity index (χ1) is 9.09. The van der Waals surface area contributed by atoms with Gasteiger partial charge in [0.25, 0.3) is 5.97 Å². The maximum absolute atomic E-state index is 5.72. The van der Waals surface area contributed by atoms with Crippen molar-refractivity contribution >= 4 is 0 Å². The van der Waals surface area contributed by atoms with Gasteiger partial charge in [0.1, 0.15) is 5.75 Å². The van der Waals surface area contributed by atoms with Gasteiger partial charge in [-0.25, -0.2) is 0 Å². The first kappa shape index (κ1) is 12.9. The third-order valence-electron chi connectivity index (χ3n) is 3.59. The lowest BCUT2D eigenvalue weighted by Crippen LogP contribution is -2.59. The van der Waals surface area contributed by atoms with Crippen LogP contribution in [0.5, 0.6) is 5.75 Å². The molecule has 0 aliphatic carbocycles. The van der Waals surface area contributed by atoms with Gasteiger partial charge in [0, 0.05) is 5.41 Å². The van der Waals surface area contributed by atoms with Crippen molar-refractivity contribution in [1.29, 1.82) is 0 Å². The van der Waals surface area contributed by atoms with Crippen LogP contribution in [0.25, 0.3) is 0 Å². The zero-order chi connectivity index (χ0) is 13.3. The topological polar surface area (TPSA) is 36.9 Å². The van der Waals surface area contributed by atoms with Gasteiger partial charge in [-0.2, -0.15) is 0 Å². The molecule has 2 bridgehead atoms. The highest BCUT2D eigenvalue weighted by molar-refractivity contribution is 5.27. The first-order valence-corrected chi connectivity index (χ1v) is 6.71. The number of fused-ring (bicyclic) bond motifs is 3. The van der Waals surface area contributed by atoms with Crippen molar-refractivity contribution in [1.82, 2.24) is 0 Å². The van der Waals surface area contributed by atoms with Gasteiger partial charge < -0.3 is 18.9 Å². The van der Waals surface area contributed by atoms with Crippen molar-refractivity contribution in [3.05, 3.63) is 29.8 Å². The highest BCUT2D eigenvalue weighted by atomic mass is 16.9. The van der Waals surface area contributed by atoms with Crippen molar-refractivity contribution in [2.24, 2.45) is 5.41 Å². The predicted octanol–water partition coefficient (Wildman–Crippen LogP) is 2.50.